The highest BCUT2D eigenvalue weighted by Gasteiger charge is 2.28. The molecule has 0 spiro atoms. The van der Waals surface area contributed by atoms with E-state index in [1.165, 1.54) is 23.3 Å². The first-order valence-electron chi connectivity index (χ1n) is 10.4. The summed E-state index contributed by atoms with van der Waals surface area (Å²) in [6.07, 6.45) is 6.23. The Morgan fingerprint density at radius 1 is 1.29 bits per heavy atom. The number of urea groups is 1. The predicted molar refractivity (Wildman–Crippen MR) is 115 cm³/mol. The normalized spacial score (nSPS) is 24.6. The molecule has 0 saturated heterocycles. The van der Waals surface area contributed by atoms with E-state index in [4.69, 9.17) is 4.74 Å². The average Bonchev–Trinajstić information content (AvgIpc) is 3.17. The van der Waals surface area contributed by atoms with Gasteiger partial charge in [0.25, 0.3) is 0 Å². The minimum Gasteiger partial charge on any atom is -0.374 e. The Balaban J connectivity index is 1.35. The lowest BCUT2D eigenvalue weighted by Gasteiger charge is -2.33. The molecular weight excluding hydrogens is 368 g/mol. The maximum absolute atomic E-state index is 12.8. The van der Waals surface area contributed by atoms with Gasteiger partial charge in [0.2, 0.25) is 0 Å². The molecule has 4 nitrogen and oxygen atoms in total. The smallest absolute Gasteiger partial charge is 0.322 e. The number of ether oxygens (including phenoxy) is 1. The van der Waals surface area contributed by atoms with Crippen molar-refractivity contribution in [2.45, 2.75) is 64.7 Å². The lowest BCUT2D eigenvalue weighted by Crippen LogP contribution is -2.40. The monoisotopic (exact) mass is 398 g/mol. The first-order chi connectivity index (χ1) is 13.6. The number of amides is 2. The fraction of sp³-hybridized carbons (Fsp3) is 0.522. The highest BCUT2D eigenvalue weighted by Crippen LogP contribution is 2.33. The maximum Gasteiger partial charge on any atom is 0.322 e. The van der Waals surface area contributed by atoms with Gasteiger partial charge in [0.15, 0.2) is 0 Å². The van der Waals surface area contributed by atoms with E-state index in [0.29, 0.717) is 12.7 Å². The molecule has 1 aromatic heterocycles. The molecule has 0 unspecified atom stereocenters. The van der Waals surface area contributed by atoms with Gasteiger partial charge in [-0.1, -0.05) is 31.9 Å². The summed E-state index contributed by atoms with van der Waals surface area (Å²) in [4.78, 5) is 16.2. The van der Waals surface area contributed by atoms with Gasteiger partial charge < -0.3 is 15.0 Å². The van der Waals surface area contributed by atoms with E-state index in [1.807, 2.05) is 23.1 Å². The molecule has 1 aliphatic heterocycles. The summed E-state index contributed by atoms with van der Waals surface area (Å²) < 4.78 is 6.14. The topological polar surface area (TPSA) is 41.6 Å². The standard InChI is InChI=1S/C23H30N2O2S/c1-16-5-3-8-20(13-16)27-15-18-6-4-7-19(14-18)24-23(26)25-11-9-22-21(17(25)2)10-12-28-22/h4,6-7,10,12,14,16-17,20H,3,5,8-9,11,13,15H2,1-2H3,(H,24,26)/t16-,17-,20+/m1/s1. The van der Waals surface area contributed by atoms with Crippen molar-refractivity contribution >= 4 is 23.1 Å². The van der Waals surface area contributed by atoms with E-state index in [2.05, 4.69) is 36.7 Å². The van der Waals surface area contributed by atoms with Gasteiger partial charge in [0.1, 0.15) is 0 Å². The molecule has 1 fully saturated rings. The molecule has 28 heavy (non-hydrogen) atoms. The van der Waals surface area contributed by atoms with Crippen LogP contribution in [0.2, 0.25) is 0 Å². The Bertz CT molecular complexity index is 818. The van der Waals surface area contributed by atoms with Gasteiger partial charge in [0.05, 0.1) is 18.8 Å². The predicted octanol–water partition coefficient (Wildman–Crippen LogP) is 5.99. The van der Waals surface area contributed by atoms with E-state index in [0.717, 1.165) is 43.0 Å². The summed E-state index contributed by atoms with van der Waals surface area (Å²) in [6.45, 7) is 5.80. The van der Waals surface area contributed by atoms with Crippen LogP contribution in [0.5, 0.6) is 0 Å². The van der Waals surface area contributed by atoms with Crippen molar-refractivity contribution in [2.24, 2.45) is 5.92 Å². The Morgan fingerprint density at radius 3 is 3.04 bits per heavy atom. The van der Waals surface area contributed by atoms with E-state index < -0.39 is 0 Å². The number of nitrogens with zero attached hydrogens (tertiary/aromatic N) is 1. The Hall–Kier alpha value is -1.85. The molecule has 2 aromatic rings. The fourth-order valence-electron chi connectivity index (χ4n) is 4.46. The number of anilines is 1. The second-order valence-electron chi connectivity index (χ2n) is 8.25. The first-order valence-corrected chi connectivity index (χ1v) is 11.3. The van der Waals surface area contributed by atoms with E-state index in [1.54, 1.807) is 11.3 Å². The molecule has 1 aliphatic carbocycles. The molecule has 1 saturated carbocycles. The van der Waals surface area contributed by atoms with Crippen LogP contribution in [0.1, 0.15) is 61.6 Å². The Labute approximate surface area is 171 Å². The summed E-state index contributed by atoms with van der Waals surface area (Å²) in [5.41, 5.74) is 3.24. The van der Waals surface area contributed by atoms with Crippen LogP contribution >= 0.6 is 11.3 Å². The molecule has 5 heteroatoms. The number of benzene rings is 1. The fourth-order valence-corrected chi connectivity index (χ4v) is 5.43. The zero-order chi connectivity index (χ0) is 19.5. The van der Waals surface area contributed by atoms with Crippen LogP contribution in [0.25, 0.3) is 0 Å². The zero-order valence-electron chi connectivity index (χ0n) is 16.8. The number of carbonyl (C=O) groups is 1. The van der Waals surface area contributed by atoms with Crippen LogP contribution in [0.3, 0.4) is 0 Å². The van der Waals surface area contributed by atoms with E-state index in [9.17, 15) is 4.79 Å². The van der Waals surface area contributed by atoms with Crippen molar-refractivity contribution in [2.75, 3.05) is 11.9 Å². The summed E-state index contributed by atoms with van der Waals surface area (Å²) >= 11 is 1.79. The number of hydrogen-bond donors (Lipinski definition) is 1. The molecule has 2 aliphatic rings. The highest BCUT2D eigenvalue weighted by atomic mass is 32.1. The number of thiophene rings is 1. The average molecular weight is 399 g/mol. The lowest BCUT2D eigenvalue weighted by atomic mass is 9.89. The van der Waals surface area contributed by atoms with E-state index in [-0.39, 0.29) is 12.1 Å². The van der Waals surface area contributed by atoms with Crippen molar-refractivity contribution in [3.8, 4) is 0 Å². The van der Waals surface area contributed by atoms with Gasteiger partial charge in [-0.2, -0.15) is 0 Å². The van der Waals surface area contributed by atoms with Crippen molar-refractivity contribution in [1.29, 1.82) is 0 Å². The third kappa shape index (κ3) is 4.41. The van der Waals surface area contributed by atoms with Gasteiger partial charge >= 0.3 is 6.03 Å². The van der Waals surface area contributed by atoms with Crippen LogP contribution in [-0.4, -0.2) is 23.6 Å². The zero-order valence-corrected chi connectivity index (χ0v) is 17.6. The number of carbonyl (C=O) groups excluding carboxylic acids is 1. The lowest BCUT2D eigenvalue weighted by molar-refractivity contribution is 0.00468. The second kappa shape index (κ2) is 8.66. The van der Waals surface area contributed by atoms with Crippen LogP contribution in [-0.2, 0) is 17.8 Å². The van der Waals surface area contributed by atoms with Crippen molar-refractivity contribution in [3.05, 3.63) is 51.7 Å². The molecule has 1 aromatic carbocycles. The molecular formula is C23H30N2O2S. The number of hydrogen-bond acceptors (Lipinski definition) is 3. The summed E-state index contributed by atoms with van der Waals surface area (Å²) in [7, 11) is 0. The molecule has 2 heterocycles. The molecule has 3 atom stereocenters. The van der Waals surface area contributed by atoms with Gasteiger partial charge in [-0.05, 0) is 66.8 Å². The maximum atomic E-state index is 12.8. The third-order valence-electron chi connectivity index (χ3n) is 6.09. The molecule has 150 valence electrons. The minimum atomic E-state index is -0.0245. The van der Waals surface area contributed by atoms with Crippen molar-refractivity contribution in [1.82, 2.24) is 4.90 Å². The molecule has 0 radical (unpaired) electrons. The molecule has 0 bridgehead atoms. The van der Waals surface area contributed by atoms with Gasteiger partial charge in [-0.15, -0.1) is 11.3 Å². The van der Waals surface area contributed by atoms with E-state index >= 15 is 0 Å². The third-order valence-corrected chi connectivity index (χ3v) is 7.09. The summed E-state index contributed by atoms with van der Waals surface area (Å²) in [6, 6.07) is 10.3. The highest BCUT2D eigenvalue weighted by molar-refractivity contribution is 7.10. The van der Waals surface area contributed by atoms with Gasteiger partial charge in [0, 0.05) is 17.1 Å². The second-order valence-corrected chi connectivity index (χ2v) is 9.25. The van der Waals surface area contributed by atoms with Gasteiger partial charge in [-0.25, -0.2) is 4.79 Å². The molecule has 4 rings (SSSR count). The summed E-state index contributed by atoms with van der Waals surface area (Å²) in [5, 5.41) is 5.21. The number of rotatable bonds is 4. The molecule has 1 N–H and O–H groups in total. The summed E-state index contributed by atoms with van der Waals surface area (Å²) in [5.74, 6) is 0.764. The van der Waals surface area contributed by atoms with Crippen molar-refractivity contribution < 1.29 is 9.53 Å². The largest absolute Gasteiger partial charge is 0.374 e. The molecule has 2 amide bonds. The quantitative estimate of drug-likeness (QED) is 0.687. The van der Waals surface area contributed by atoms with Crippen LogP contribution in [0, 0.1) is 5.92 Å². The number of fused-ring (bicyclic) bond motifs is 1. The van der Waals surface area contributed by atoms with Crippen LogP contribution in [0.15, 0.2) is 35.7 Å². The van der Waals surface area contributed by atoms with Gasteiger partial charge in [-0.3, -0.25) is 0 Å². The van der Waals surface area contributed by atoms with Crippen LogP contribution in [0.4, 0.5) is 10.5 Å². The Kier molecular flexibility index (Phi) is 6.02. The SMILES string of the molecule is C[C@@H]1CCC[C@H](OCc2cccc(NC(=O)N3CCc4sccc4[C@H]3C)c2)C1. The first kappa shape index (κ1) is 19.5. The van der Waals surface area contributed by atoms with Crippen molar-refractivity contribution in [3.63, 3.8) is 0 Å². The number of nitrogens with one attached hydrogen (secondary N) is 1. The Morgan fingerprint density at radius 2 is 2.18 bits per heavy atom. The van der Waals surface area contributed by atoms with Crippen LogP contribution < -0.4 is 5.32 Å². The minimum absolute atomic E-state index is 0.0245.